The molecule has 1 fully saturated rings. The van der Waals surface area contributed by atoms with Crippen LogP contribution in [0.1, 0.15) is 31.4 Å². The molecule has 1 aromatic carbocycles. The van der Waals surface area contributed by atoms with Crippen molar-refractivity contribution in [3.05, 3.63) is 28.3 Å². The summed E-state index contributed by atoms with van der Waals surface area (Å²) in [6.07, 6.45) is 2.85. The Morgan fingerprint density at radius 2 is 2.12 bits per heavy atom. The molecule has 1 aliphatic heterocycles. The maximum atomic E-state index is 6.16. The highest BCUT2D eigenvalue weighted by molar-refractivity contribution is 6.31. The first-order valence-electron chi connectivity index (χ1n) is 6.19. The van der Waals surface area contributed by atoms with Crippen LogP contribution in [0.15, 0.2) is 12.1 Å². The third kappa shape index (κ3) is 3.14. The second-order valence-electron chi connectivity index (χ2n) is 4.56. The smallest absolute Gasteiger partial charge is 0.122 e. The van der Waals surface area contributed by atoms with E-state index in [1.165, 1.54) is 5.56 Å². The van der Waals surface area contributed by atoms with Gasteiger partial charge in [-0.15, -0.1) is 0 Å². The largest absolute Gasteiger partial charge is 0.494 e. The lowest BCUT2D eigenvalue weighted by Crippen LogP contribution is -2.00. The fourth-order valence-corrected chi connectivity index (χ4v) is 2.20. The summed E-state index contributed by atoms with van der Waals surface area (Å²) in [4.78, 5) is 0. The van der Waals surface area contributed by atoms with E-state index < -0.39 is 0 Å². The van der Waals surface area contributed by atoms with E-state index >= 15 is 0 Å². The van der Waals surface area contributed by atoms with Crippen molar-refractivity contribution in [3.8, 4) is 5.75 Å². The van der Waals surface area contributed by atoms with E-state index in [4.69, 9.17) is 21.1 Å². The van der Waals surface area contributed by atoms with E-state index in [1.807, 2.05) is 26.0 Å². The van der Waals surface area contributed by atoms with Gasteiger partial charge in [0.2, 0.25) is 0 Å². The standard InChI is InChI=1S/C14H19ClO2/c1-4-16-14-7-9(2)12(15)8-11(14)5-6-13-10(3)17-13/h7-8,10,13H,4-6H2,1-3H3. The zero-order chi connectivity index (χ0) is 12.4. The van der Waals surface area contributed by atoms with Gasteiger partial charge in [0.05, 0.1) is 18.8 Å². The maximum Gasteiger partial charge on any atom is 0.122 e. The highest BCUT2D eigenvalue weighted by Gasteiger charge is 2.33. The van der Waals surface area contributed by atoms with Crippen molar-refractivity contribution < 1.29 is 9.47 Å². The maximum absolute atomic E-state index is 6.16. The normalized spacial score (nSPS) is 22.6. The number of epoxide rings is 1. The van der Waals surface area contributed by atoms with Crippen molar-refractivity contribution in [1.82, 2.24) is 0 Å². The van der Waals surface area contributed by atoms with Gasteiger partial charge >= 0.3 is 0 Å². The van der Waals surface area contributed by atoms with Gasteiger partial charge < -0.3 is 9.47 Å². The minimum Gasteiger partial charge on any atom is -0.494 e. The monoisotopic (exact) mass is 254 g/mol. The van der Waals surface area contributed by atoms with Gasteiger partial charge in [-0.25, -0.2) is 0 Å². The number of halogens is 1. The minimum atomic E-state index is 0.421. The van der Waals surface area contributed by atoms with Gasteiger partial charge in [-0.05, 0) is 56.9 Å². The summed E-state index contributed by atoms with van der Waals surface area (Å²) in [5.74, 6) is 0.961. The molecule has 1 saturated heterocycles. The van der Waals surface area contributed by atoms with Gasteiger partial charge in [0.15, 0.2) is 0 Å². The molecule has 0 aliphatic carbocycles. The van der Waals surface area contributed by atoms with Crippen LogP contribution in [0.2, 0.25) is 5.02 Å². The predicted molar refractivity (Wildman–Crippen MR) is 70.0 cm³/mol. The molecule has 0 N–H and O–H groups in total. The van der Waals surface area contributed by atoms with Gasteiger partial charge in [0.25, 0.3) is 0 Å². The predicted octanol–water partition coefficient (Wildman–Crippen LogP) is 3.77. The molecule has 0 aromatic heterocycles. The van der Waals surface area contributed by atoms with E-state index in [9.17, 15) is 0 Å². The van der Waals surface area contributed by atoms with E-state index in [0.717, 1.165) is 29.2 Å². The fourth-order valence-electron chi connectivity index (χ4n) is 2.01. The SMILES string of the molecule is CCOc1cc(C)c(Cl)cc1CCC1OC1C. The second kappa shape index (κ2) is 5.28. The third-order valence-electron chi connectivity index (χ3n) is 3.18. The fraction of sp³-hybridized carbons (Fsp3) is 0.571. The summed E-state index contributed by atoms with van der Waals surface area (Å²) >= 11 is 6.16. The summed E-state index contributed by atoms with van der Waals surface area (Å²) < 4.78 is 11.1. The Balaban J connectivity index is 2.09. The van der Waals surface area contributed by atoms with Crippen LogP contribution in [0.3, 0.4) is 0 Å². The summed E-state index contributed by atoms with van der Waals surface area (Å²) in [5.41, 5.74) is 2.25. The van der Waals surface area contributed by atoms with Gasteiger partial charge in [0.1, 0.15) is 5.75 Å². The quantitative estimate of drug-likeness (QED) is 0.746. The Hall–Kier alpha value is -0.730. The Bertz CT molecular complexity index is 403. The average Bonchev–Trinajstić information content (AvgIpc) is 2.98. The van der Waals surface area contributed by atoms with Crippen molar-refractivity contribution >= 4 is 11.6 Å². The minimum absolute atomic E-state index is 0.421. The Labute approximate surface area is 108 Å². The lowest BCUT2D eigenvalue weighted by Gasteiger charge is -2.12. The molecule has 3 heteroatoms. The summed E-state index contributed by atoms with van der Waals surface area (Å²) in [6, 6.07) is 4.05. The molecular weight excluding hydrogens is 236 g/mol. The molecule has 2 rings (SSSR count). The van der Waals surface area contributed by atoms with Crippen LogP contribution in [0.25, 0.3) is 0 Å². The van der Waals surface area contributed by atoms with Crippen molar-refractivity contribution in [2.45, 2.75) is 45.8 Å². The molecule has 94 valence electrons. The lowest BCUT2D eigenvalue weighted by atomic mass is 10.0. The average molecular weight is 255 g/mol. The van der Waals surface area contributed by atoms with Crippen LogP contribution in [0.4, 0.5) is 0 Å². The van der Waals surface area contributed by atoms with Gasteiger partial charge in [-0.1, -0.05) is 11.6 Å². The summed E-state index contributed by atoms with van der Waals surface area (Å²) in [7, 11) is 0. The number of hydrogen-bond donors (Lipinski definition) is 0. The molecule has 0 spiro atoms. The van der Waals surface area contributed by atoms with E-state index in [2.05, 4.69) is 6.92 Å². The van der Waals surface area contributed by atoms with Gasteiger partial charge in [-0.3, -0.25) is 0 Å². The number of aryl methyl sites for hydroxylation is 2. The molecule has 2 unspecified atom stereocenters. The van der Waals surface area contributed by atoms with Crippen LogP contribution < -0.4 is 4.74 Å². The first-order valence-corrected chi connectivity index (χ1v) is 6.57. The zero-order valence-corrected chi connectivity index (χ0v) is 11.4. The first kappa shape index (κ1) is 12.7. The molecule has 0 saturated carbocycles. The number of benzene rings is 1. The molecule has 1 aromatic rings. The van der Waals surface area contributed by atoms with Crippen LogP contribution >= 0.6 is 11.6 Å². The van der Waals surface area contributed by atoms with E-state index in [0.29, 0.717) is 18.8 Å². The summed E-state index contributed by atoms with van der Waals surface area (Å²) in [6.45, 7) is 6.79. The van der Waals surface area contributed by atoms with Crippen molar-refractivity contribution in [2.24, 2.45) is 0 Å². The first-order chi connectivity index (χ1) is 8.11. The molecule has 17 heavy (non-hydrogen) atoms. The molecule has 0 amide bonds. The molecule has 2 atom stereocenters. The van der Waals surface area contributed by atoms with E-state index in [-0.39, 0.29) is 0 Å². The highest BCUT2D eigenvalue weighted by atomic mass is 35.5. The molecule has 0 bridgehead atoms. The van der Waals surface area contributed by atoms with Gasteiger partial charge in [0, 0.05) is 5.02 Å². The third-order valence-corrected chi connectivity index (χ3v) is 3.58. The second-order valence-corrected chi connectivity index (χ2v) is 4.97. The van der Waals surface area contributed by atoms with Crippen LogP contribution in [-0.4, -0.2) is 18.8 Å². The van der Waals surface area contributed by atoms with Crippen LogP contribution in [0.5, 0.6) is 5.75 Å². The van der Waals surface area contributed by atoms with Crippen molar-refractivity contribution in [3.63, 3.8) is 0 Å². The summed E-state index contributed by atoms with van der Waals surface area (Å²) in [5, 5.41) is 0.813. The van der Waals surface area contributed by atoms with Crippen molar-refractivity contribution in [2.75, 3.05) is 6.61 Å². The van der Waals surface area contributed by atoms with Gasteiger partial charge in [-0.2, -0.15) is 0 Å². The van der Waals surface area contributed by atoms with Crippen LogP contribution in [-0.2, 0) is 11.2 Å². The number of hydrogen-bond acceptors (Lipinski definition) is 2. The Kier molecular flexibility index (Phi) is 3.95. The van der Waals surface area contributed by atoms with E-state index in [1.54, 1.807) is 0 Å². The van der Waals surface area contributed by atoms with Crippen molar-refractivity contribution in [1.29, 1.82) is 0 Å². The molecule has 2 nitrogen and oxygen atoms in total. The Morgan fingerprint density at radius 1 is 1.41 bits per heavy atom. The zero-order valence-electron chi connectivity index (χ0n) is 10.6. The highest BCUT2D eigenvalue weighted by Crippen LogP contribution is 2.31. The molecule has 0 radical (unpaired) electrons. The number of rotatable bonds is 5. The Morgan fingerprint density at radius 3 is 2.71 bits per heavy atom. The lowest BCUT2D eigenvalue weighted by molar-refractivity contribution is 0.334. The topological polar surface area (TPSA) is 21.8 Å². The number of ether oxygens (including phenoxy) is 2. The molecule has 1 aliphatic rings. The molecule has 1 heterocycles. The van der Waals surface area contributed by atoms with Crippen LogP contribution in [0, 0.1) is 6.92 Å². The molecular formula is C14H19ClO2.